The fourth-order valence-electron chi connectivity index (χ4n) is 2.71. The summed E-state index contributed by atoms with van der Waals surface area (Å²) in [6, 6.07) is 16.1. The molecule has 2 N–H and O–H groups in total. The Hall–Kier alpha value is -2.11. The molecule has 2 aromatic carbocycles. The van der Waals surface area contributed by atoms with Gasteiger partial charge in [0.2, 0.25) is 0 Å². The Morgan fingerprint density at radius 2 is 1.70 bits per heavy atom. The highest BCUT2D eigenvalue weighted by molar-refractivity contribution is 7.90. The summed E-state index contributed by atoms with van der Waals surface area (Å²) in [6.07, 6.45) is 3.22. The average Bonchev–Trinajstić information content (AvgIpc) is 2.95. The van der Waals surface area contributed by atoms with E-state index in [4.69, 9.17) is 5.73 Å². The molecule has 120 valence electrons. The number of aromatic nitrogens is 1. The van der Waals surface area contributed by atoms with E-state index in [9.17, 15) is 8.42 Å². The lowest BCUT2D eigenvalue weighted by Gasteiger charge is -2.07. The number of nitrogens with two attached hydrogens (primary N) is 1. The summed E-state index contributed by atoms with van der Waals surface area (Å²) in [7, 11) is -3.61. The van der Waals surface area contributed by atoms with Gasteiger partial charge in [0, 0.05) is 17.6 Å². The second-order valence-electron chi connectivity index (χ2n) is 5.66. The molecule has 0 saturated heterocycles. The van der Waals surface area contributed by atoms with Gasteiger partial charge in [-0.15, -0.1) is 0 Å². The first kappa shape index (κ1) is 15.8. The van der Waals surface area contributed by atoms with Crippen LogP contribution >= 0.6 is 0 Å². The molecule has 0 aliphatic rings. The molecule has 0 aliphatic carbocycles. The first-order valence-corrected chi connectivity index (χ1v) is 9.13. The zero-order valence-electron chi connectivity index (χ0n) is 13.0. The molecular formula is C18H20N2O2S. The zero-order valence-corrected chi connectivity index (χ0v) is 13.8. The quantitative estimate of drug-likeness (QED) is 0.782. The lowest BCUT2D eigenvalue weighted by molar-refractivity contribution is 0.588. The minimum atomic E-state index is -3.61. The molecule has 0 bridgehead atoms. The normalized spacial score (nSPS) is 13.3. The van der Waals surface area contributed by atoms with Gasteiger partial charge in [-0.25, -0.2) is 12.4 Å². The standard InChI is InChI=1S/C18H20N2O2S/c1-2-15(19)12-14-13-20(18-11-7-6-10-17(14)18)23(21,22)16-8-4-3-5-9-16/h3-11,13,15H,2,12,19H2,1H3. The average molecular weight is 328 g/mol. The molecule has 1 atom stereocenters. The van der Waals surface area contributed by atoms with Crippen LogP contribution in [-0.2, 0) is 16.4 Å². The summed E-state index contributed by atoms with van der Waals surface area (Å²) in [5, 5.41) is 0.941. The van der Waals surface area contributed by atoms with Crippen molar-refractivity contribution in [2.45, 2.75) is 30.7 Å². The van der Waals surface area contributed by atoms with Crippen LogP contribution in [0.5, 0.6) is 0 Å². The van der Waals surface area contributed by atoms with Crippen molar-refractivity contribution in [2.75, 3.05) is 0 Å². The van der Waals surface area contributed by atoms with E-state index < -0.39 is 10.0 Å². The summed E-state index contributed by atoms with van der Waals surface area (Å²) in [6.45, 7) is 2.03. The van der Waals surface area contributed by atoms with Crippen LogP contribution in [0.25, 0.3) is 10.9 Å². The van der Waals surface area contributed by atoms with Gasteiger partial charge in [0.1, 0.15) is 0 Å². The van der Waals surface area contributed by atoms with Crippen molar-refractivity contribution >= 4 is 20.9 Å². The van der Waals surface area contributed by atoms with E-state index in [-0.39, 0.29) is 10.9 Å². The van der Waals surface area contributed by atoms with Gasteiger partial charge in [-0.1, -0.05) is 43.3 Å². The minimum absolute atomic E-state index is 0.0219. The summed E-state index contributed by atoms with van der Waals surface area (Å²) in [5.74, 6) is 0. The van der Waals surface area contributed by atoms with E-state index in [1.807, 2.05) is 31.2 Å². The van der Waals surface area contributed by atoms with Crippen LogP contribution < -0.4 is 5.73 Å². The minimum Gasteiger partial charge on any atom is -0.327 e. The number of rotatable bonds is 5. The Balaban J connectivity index is 2.19. The molecule has 0 spiro atoms. The van der Waals surface area contributed by atoms with Crippen LogP contribution in [0, 0.1) is 0 Å². The number of nitrogens with zero attached hydrogens (tertiary/aromatic N) is 1. The molecule has 0 saturated carbocycles. The van der Waals surface area contributed by atoms with E-state index in [1.54, 1.807) is 36.5 Å². The van der Waals surface area contributed by atoms with Crippen molar-refractivity contribution < 1.29 is 8.42 Å². The second-order valence-corrected chi connectivity index (χ2v) is 7.47. The summed E-state index contributed by atoms with van der Waals surface area (Å²) in [4.78, 5) is 0.284. The van der Waals surface area contributed by atoms with Crippen molar-refractivity contribution in [1.29, 1.82) is 0 Å². The van der Waals surface area contributed by atoms with E-state index in [0.717, 1.165) is 17.4 Å². The molecule has 3 aromatic rings. The van der Waals surface area contributed by atoms with Gasteiger partial charge in [-0.3, -0.25) is 0 Å². The van der Waals surface area contributed by atoms with Crippen LogP contribution in [0.2, 0.25) is 0 Å². The molecule has 1 heterocycles. The van der Waals surface area contributed by atoms with Crippen LogP contribution in [0.3, 0.4) is 0 Å². The molecule has 3 rings (SSSR count). The van der Waals surface area contributed by atoms with Gasteiger partial charge in [0.25, 0.3) is 10.0 Å². The molecule has 0 amide bonds. The van der Waals surface area contributed by atoms with Crippen molar-refractivity contribution in [3.05, 3.63) is 66.4 Å². The number of hydrogen-bond donors (Lipinski definition) is 1. The maximum Gasteiger partial charge on any atom is 0.268 e. The van der Waals surface area contributed by atoms with Crippen molar-refractivity contribution in [2.24, 2.45) is 5.73 Å². The Labute approximate surface area is 136 Å². The fourth-order valence-corrected chi connectivity index (χ4v) is 4.12. The van der Waals surface area contributed by atoms with Crippen LogP contribution in [-0.4, -0.2) is 18.4 Å². The summed E-state index contributed by atoms with van der Waals surface area (Å²) >= 11 is 0. The highest BCUT2D eigenvalue weighted by Gasteiger charge is 2.21. The predicted molar refractivity (Wildman–Crippen MR) is 92.9 cm³/mol. The third-order valence-corrected chi connectivity index (χ3v) is 5.75. The van der Waals surface area contributed by atoms with E-state index in [1.165, 1.54) is 3.97 Å². The first-order valence-electron chi connectivity index (χ1n) is 7.69. The predicted octanol–water partition coefficient (Wildman–Crippen LogP) is 3.16. The highest BCUT2D eigenvalue weighted by Crippen LogP contribution is 2.26. The topological polar surface area (TPSA) is 65.1 Å². The van der Waals surface area contributed by atoms with Crippen LogP contribution in [0.15, 0.2) is 65.7 Å². The van der Waals surface area contributed by atoms with Crippen molar-refractivity contribution in [3.63, 3.8) is 0 Å². The number of fused-ring (bicyclic) bond motifs is 1. The molecule has 4 nitrogen and oxygen atoms in total. The largest absolute Gasteiger partial charge is 0.327 e. The third-order valence-electron chi connectivity index (χ3n) is 4.07. The Morgan fingerprint density at radius 3 is 2.39 bits per heavy atom. The number of benzene rings is 2. The highest BCUT2D eigenvalue weighted by atomic mass is 32.2. The lowest BCUT2D eigenvalue weighted by atomic mass is 10.0. The van der Waals surface area contributed by atoms with Gasteiger partial charge in [0.15, 0.2) is 0 Å². The smallest absolute Gasteiger partial charge is 0.268 e. The molecule has 0 radical (unpaired) electrons. The fraction of sp³-hybridized carbons (Fsp3) is 0.222. The van der Waals surface area contributed by atoms with Crippen LogP contribution in [0.1, 0.15) is 18.9 Å². The number of para-hydroxylation sites is 1. The van der Waals surface area contributed by atoms with Crippen molar-refractivity contribution in [1.82, 2.24) is 3.97 Å². The second kappa shape index (κ2) is 6.18. The molecule has 0 aliphatic heterocycles. The Kier molecular flexibility index (Phi) is 4.24. The summed E-state index contributed by atoms with van der Waals surface area (Å²) < 4.78 is 27.3. The molecular weight excluding hydrogens is 308 g/mol. The van der Waals surface area contributed by atoms with Crippen LogP contribution in [0.4, 0.5) is 0 Å². The van der Waals surface area contributed by atoms with Gasteiger partial charge in [-0.2, -0.15) is 0 Å². The zero-order chi connectivity index (χ0) is 16.4. The van der Waals surface area contributed by atoms with Gasteiger partial charge in [0.05, 0.1) is 10.4 Å². The maximum atomic E-state index is 12.9. The third kappa shape index (κ3) is 2.90. The summed E-state index contributed by atoms with van der Waals surface area (Å²) in [5.41, 5.74) is 7.72. The lowest BCUT2D eigenvalue weighted by Crippen LogP contribution is -2.21. The SMILES string of the molecule is CCC(N)Cc1cn(S(=O)(=O)c2ccccc2)c2ccccc12. The van der Waals surface area contributed by atoms with E-state index in [2.05, 4.69) is 0 Å². The van der Waals surface area contributed by atoms with Gasteiger partial charge >= 0.3 is 0 Å². The van der Waals surface area contributed by atoms with Gasteiger partial charge in [-0.05, 0) is 36.6 Å². The Bertz CT molecular complexity index is 915. The van der Waals surface area contributed by atoms with Crippen molar-refractivity contribution in [3.8, 4) is 0 Å². The van der Waals surface area contributed by atoms with E-state index >= 15 is 0 Å². The van der Waals surface area contributed by atoms with E-state index in [0.29, 0.717) is 11.9 Å². The molecule has 23 heavy (non-hydrogen) atoms. The molecule has 5 heteroatoms. The molecule has 1 unspecified atom stereocenters. The Morgan fingerprint density at radius 1 is 1.04 bits per heavy atom. The monoisotopic (exact) mass is 328 g/mol. The maximum absolute atomic E-state index is 12.9. The first-order chi connectivity index (χ1) is 11.0. The van der Waals surface area contributed by atoms with Gasteiger partial charge < -0.3 is 5.73 Å². The number of hydrogen-bond acceptors (Lipinski definition) is 3. The molecule has 1 aromatic heterocycles. The molecule has 0 fully saturated rings.